The summed E-state index contributed by atoms with van der Waals surface area (Å²) in [6.07, 6.45) is 0. The van der Waals surface area contributed by atoms with Crippen LogP contribution >= 0.6 is 0 Å². The molecular weight excluding hydrogens is 310 g/mol. The number of aryl methyl sites for hydroxylation is 1. The van der Waals surface area contributed by atoms with Crippen molar-refractivity contribution in [2.75, 3.05) is 0 Å². The third-order valence-electron chi connectivity index (χ3n) is 4.87. The van der Waals surface area contributed by atoms with E-state index < -0.39 is 0 Å². The van der Waals surface area contributed by atoms with Crippen LogP contribution in [-0.4, -0.2) is 4.92 Å². The lowest BCUT2D eigenvalue weighted by atomic mass is 9.89. The molecule has 3 heteroatoms. The lowest BCUT2D eigenvalue weighted by Crippen LogP contribution is -1.93. The van der Waals surface area contributed by atoms with Crippen LogP contribution in [0.15, 0.2) is 66.7 Å². The van der Waals surface area contributed by atoms with E-state index in [0.717, 1.165) is 27.5 Å². The van der Waals surface area contributed by atoms with Crippen LogP contribution in [0.5, 0.6) is 0 Å². The molecule has 0 saturated carbocycles. The van der Waals surface area contributed by atoms with E-state index in [1.165, 1.54) is 22.4 Å². The van der Waals surface area contributed by atoms with Gasteiger partial charge in [-0.1, -0.05) is 42.5 Å². The van der Waals surface area contributed by atoms with Crippen LogP contribution in [0.3, 0.4) is 0 Å². The van der Waals surface area contributed by atoms with Gasteiger partial charge in [-0.2, -0.15) is 0 Å². The molecule has 25 heavy (non-hydrogen) atoms. The minimum absolute atomic E-state index is 0.118. The summed E-state index contributed by atoms with van der Waals surface area (Å²) in [7, 11) is 0. The first kappa shape index (κ1) is 15.3. The zero-order valence-electron chi connectivity index (χ0n) is 14.1. The maximum atomic E-state index is 11.2. The Balaban J connectivity index is 2.11. The van der Waals surface area contributed by atoms with Crippen LogP contribution in [0.4, 0.5) is 5.69 Å². The highest BCUT2D eigenvalue weighted by atomic mass is 16.6. The van der Waals surface area contributed by atoms with Crippen molar-refractivity contribution < 1.29 is 4.92 Å². The molecule has 3 nitrogen and oxygen atoms in total. The van der Waals surface area contributed by atoms with Crippen molar-refractivity contribution in [3.8, 4) is 11.1 Å². The predicted molar refractivity (Wildman–Crippen MR) is 103 cm³/mol. The van der Waals surface area contributed by atoms with Crippen LogP contribution in [0.2, 0.25) is 0 Å². The largest absolute Gasteiger partial charge is 0.270 e. The molecule has 122 valence electrons. The SMILES string of the molecule is Cc1cc2cc3ccccc3cc2c(-c2cccc([N+](=O)[O-])c2)c1C. The van der Waals surface area contributed by atoms with Crippen molar-refractivity contribution >= 4 is 27.2 Å². The maximum Gasteiger partial charge on any atom is 0.270 e. The van der Waals surface area contributed by atoms with Crippen LogP contribution in [0, 0.1) is 24.0 Å². The fraction of sp³-hybridized carbons (Fsp3) is 0.0909. The second-order valence-corrected chi connectivity index (χ2v) is 6.42. The van der Waals surface area contributed by atoms with Gasteiger partial charge < -0.3 is 0 Å². The molecule has 4 aromatic carbocycles. The smallest absolute Gasteiger partial charge is 0.258 e. The lowest BCUT2D eigenvalue weighted by Gasteiger charge is -2.15. The summed E-state index contributed by atoms with van der Waals surface area (Å²) in [6.45, 7) is 4.17. The van der Waals surface area contributed by atoms with Gasteiger partial charge in [-0.3, -0.25) is 10.1 Å². The topological polar surface area (TPSA) is 43.1 Å². The van der Waals surface area contributed by atoms with E-state index in [0.29, 0.717) is 0 Å². The standard InChI is InChI=1S/C22H17NO2/c1-14-10-19-11-16-6-3-4-7-17(16)13-21(19)22(15(14)2)18-8-5-9-20(12-18)23(24)25/h3-13H,1-2H3. The van der Waals surface area contributed by atoms with Gasteiger partial charge in [0.15, 0.2) is 0 Å². The molecule has 0 aliphatic rings. The molecule has 0 aliphatic heterocycles. The number of non-ortho nitro benzene ring substituents is 1. The first-order chi connectivity index (χ1) is 12.0. The summed E-state index contributed by atoms with van der Waals surface area (Å²) in [5, 5.41) is 15.8. The summed E-state index contributed by atoms with van der Waals surface area (Å²) < 4.78 is 0. The first-order valence-corrected chi connectivity index (χ1v) is 8.22. The normalized spacial score (nSPS) is 11.1. The Bertz CT molecular complexity index is 1150. The van der Waals surface area contributed by atoms with E-state index in [-0.39, 0.29) is 10.6 Å². The van der Waals surface area contributed by atoms with Gasteiger partial charge >= 0.3 is 0 Å². The quantitative estimate of drug-likeness (QED) is 0.250. The fourth-order valence-electron chi connectivity index (χ4n) is 3.48. The number of rotatable bonds is 2. The minimum Gasteiger partial charge on any atom is -0.258 e. The second kappa shape index (κ2) is 5.71. The Morgan fingerprint density at radius 3 is 2.24 bits per heavy atom. The molecule has 0 heterocycles. The number of fused-ring (bicyclic) bond motifs is 2. The highest BCUT2D eigenvalue weighted by molar-refractivity contribution is 6.06. The van der Waals surface area contributed by atoms with E-state index in [1.54, 1.807) is 12.1 Å². The number of hydrogen-bond donors (Lipinski definition) is 0. The van der Waals surface area contributed by atoms with Crippen LogP contribution < -0.4 is 0 Å². The summed E-state index contributed by atoms with van der Waals surface area (Å²) in [4.78, 5) is 10.8. The Hall–Kier alpha value is -3.20. The molecule has 4 rings (SSSR count). The number of hydrogen-bond acceptors (Lipinski definition) is 2. The molecule has 0 bridgehead atoms. The van der Waals surface area contributed by atoms with Gasteiger partial charge in [0, 0.05) is 12.1 Å². The number of nitrogens with zero attached hydrogens (tertiary/aromatic N) is 1. The maximum absolute atomic E-state index is 11.2. The van der Waals surface area contributed by atoms with Crippen molar-refractivity contribution in [3.05, 3.63) is 88.0 Å². The van der Waals surface area contributed by atoms with E-state index in [4.69, 9.17) is 0 Å². The molecule has 0 atom stereocenters. The number of benzene rings is 4. The van der Waals surface area contributed by atoms with Gasteiger partial charge in [-0.05, 0) is 69.8 Å². The third kappa shape index (κ3) is 2.54. The monoisotopic (exact) mass is 327 g/mol. The van der Waals surface area contributed by atoms with Gasteiger partial charge in [-0.15, -0.1) is 0 Å². The summed E-state index contributed by atoms with van der Waals surface area (Å²) >= 11 is 0. The van der Waals surface area contributed by atoms with Crippen LogP contribution in [-0.2, 0) is 0 Å². The Kier molecular flexibility index (Phi) is 3.50. The average molecular weight is 327 g/mol. The van der Waals surface area contributed by atoms with Gasteiger partial charge in [0.1, 0.15) is 0 Å². The second-order valence-electron chi connectivity index (χ2n) is 6.42. The molecule has 4 aromatic rings. The Morgan fingerprint density at radius 1 is 0.800 bits per heavy atom. The zero-order chi connectivity index (χ0) is 17.6. The van der Waals surface area contributed by atoms with Gasteiger partial charge in [-0.25, -0.2) is 0 Å². The van der Waals surface area contributed by atoms with E-state index in [1.807, 2.05) is 18.2 Å². The zero-order valence-corrected chi connectivity index (χ0v) is 14.1. The van der Waals surface area contributed by atoms with Gasteiger partial charge in [0.2, 0.25) is 0 Å². The van der Waals surface area contributed by atoms with Crippen LogP contribution in [0.1, 0.15) is 11.1 Å². The molecule has 0 unspecified atom stereocenters. The molecule has 0 spiro atoms. The molecule has 0 aromatic heterocycles. The van der Waals surface area contributed by atoms with Crippen molar-refractivity contribution in [1.82, 2.24) is 0 Å². The van der Waals surface area contributed by atoms with E-state index in [9.17, 15) is 10.1 Å². The van der Waals surface area contributed by atoms with Crippen molar-refractivity contribution in [2.45, 2.75) is 13.8 Å². The molecule has 0 radical (unpaired) electrons. The van der Waals surface area contributed by atoms with E-state index in [2.05, 4.69) is 44.2 Å². The molecule has 0 amide bonds. The highest BCUT2D eigenvalue weighted by Gasteiger charge is 2.14. The predicted octanol–water partition coefficient (Wildman–Crippen LogP) is 6.19. The molecule has 0 aliphatic carbocycles. The minimum atomic E-state index is -0.341. The highest BCUT2D eigenvalue weighted by Crippen LogP contribution is 2.37. The van der Waals surface area contributed by atoms with Crippen molar-refractivity contribution in [1.29, 1.82) is 0 Å². The van der Waals surface area contributed by atoms with Crippen LogP contribution in [0.25, 0.3) is 32.7 Å². The Morgan fingerprint density at radius 2 is 1.52 bits per heavy atom. The first-order valence-electron chi connectivity index (χ1n) is 8.22. The molecular formula is C22H17NO2. The summed E-state index contributed by atoms with van der Waals surface area (Å²) in [5.41, 5.74) is 4.42. The number of nitro benzene ring substituents is 1. The van der Waals surface area contributed by atoms with Gasteiger partial charge in [0.25, 0.3) is 5.69 Å². The van der Waals surface area contributed by atoms with E-state index >= 15 is 0 Å². The summed E-state index contributed by atoms with van der Waals surface area (Å²) in [5.74, 6) is 0. The lowest BCUT2D eigenvalue weighted by molar-refractivity contribution is -0.384. The van der Waals surface area contributed by atoms with Crippen molar-refractivity contribution in [2.24, 2.45) is 0 Å². The molecule has 0 N–H and O–H groups in total. The fourth-order valence-corrected chi connectivity index (χ4v) is 3.48. The average Bonchev–Trinajstić information content (AvgIpc) is 2.61. The number of nitro groups is 1. The summed E-state index contributed by atoms with van der Waals surface area (Å²) in [6, 6.07) is 21.7. The molecule has 0 fully saturated rings. The van der Waals surface area contributed by atoms with Crippen molar-refractivity contribution in [3.63, 3.8) is 0 Å². The third-order valence-corrected chi connectivity index (χ3v) is 4.87. The van der Waals surface area contributed by atoms with Gasteiger partial charge in [0.05, 0.1) is 4.92 Å². The Labute approximate surface area is 145 Å². The molecule has 0 saturated heterocycles.